The minimum atomic E-state index is -0.902. The number of aromatic amines is 1. The van der Waals surface area contributed by atoms with Crippen molar-refractivity contribution in [2.75, 3.05) is 0 Å². The van der Waals surface area contributed by atoms with Crippen LogP contribution in [0.25, 0.3) is 22.2 Å². The standard InChI is InChI=1S/C23H25NO2/c1-22(2)9-10-23(3,4)18-11-14(7-8-17(18)22)19-12-15-5-6-16(21(25)26)13-20(15)24-19/h5-8,11-13,24H,9-10H2,1-4H3,(H,25,26). The zero-order valence-electron chi connectivity index (χ0n) is 15.8. The fourth-order valence-corrected chi connectivity index (χ4v) is 4.17. The molecule has 0 saturated heterocycles. The highest BCUT2D eigenvalue weighted by molar-refractivity contribution is 5.95. The zero-order valence-corrected chi connectivity index (χ0v) is 15.8. The van der Waals surface area contributed by atoms with E-state index in [1.165, 1.54) is 24.0 Å². The summed E-state index contributed by atoms with van der Waals surface area (Å²) >= 11 is 0. The number of H-pyrrole nitrogens is 1. The fourth-order valence-electron chi connectivity index (χ4n) is 4.17. The highest BCUT2D eigenvalue weighted by Crippen LogP contribution is 2.46. The van der Waals surface area contributed by atoms with Crippen molar-refractivity contribution in [1.29, 1.82) is 0 Å². The van der Waals surface area contributed by atoms with Crippen molar-refractivity contribution in [3.63, 3.8) is 0 Å². The largest absolute Gasteiger partial charge is 0.478 e. The van der Waals surface area contributed by atoms with E-state index in [-0.39, 0.29) is 10.8 Å². The fraction of sp³-hybridized carbons (Fsp3) is 0.348. The Morgan fingerprint density at radius 1 is 0.923 bits per heavy atom. The number of aromatic nitrogens is 1. The van der Waals surface area contributed by atoms with E-state index in [0.717, 1.165) is 22.2 Å². The SMILES string of the molecule is CC1(C)CCC(C)(C)c2cc(-c3cc4ccc(C(=O)O)cc4[nH]3)ccc21. The molecule has 0 saturated carbocycles. The van der Waals surface area contributed by atoms with Gasteiger partial charge in [-0.05, 0) is 64.6 Å². The molecule has 0 spiro atoms. The summed E-state index contributed by atoms with van der Waals surface area (Å²) in [6.07, 6.45) is 2.39. The lowest BCUT2D eigenvalue weighted by molar-refractivity contribution is 0.0697. The molecule has 0 aliphatic heterocycles. The summed E-state index contributed by atoms with van der Waals surface area (Å²) in [6.45, 7) is 9.32. The summed E-state index contributed by atoms with van der Waals surface area (Å²) in [4.78, 5) is 14.6. The molecule has 1 aliphatic carbocycles. The van der Waals surface area contributed by atoms with Crippen LogP contribution in [-0.4, -0.2) is 16.1 Å². The van der Waals surface area contributed by atoms with Crippen molar-refractivity contribution in [2.45, 2.75) is 51.4 Å². The van der Waals surface area contributed by atoms with Crippen LogP contribution in [-0.2, 0) is 10.8 Å². The van der Waals surface area contributed by atoms with Crippen LogP contribution >= 0.6 is 0 Å². The lowest BCUT2D eigenvalue weighted by atomic mass is 9.63. The molecule has 0 radical (unpaired) electrons. The summed E-state index contributed by atoms with van der Waals surface area (Å²) in [5.41, 5.74) is 6.60. The Labute approximate surface area is 154 Å². The van der Waals surface area contributed by atoms with Crippen LogP contribution in [0.3, 0.4) is 0 Å². The molecule has 0 amide bonds. The van der Waals surface area contributed by atoms with Crippen LogP contribution < -0.4 is 0 Å². The Morgan fingerprint density at radius 2 is 1.62 bits per heavy atom. The Morgan fingerprint density at radius 3 is 2.31 bits per heavy atom. The quantitative estimate of drug-likeness (QED) is 0.608. The average molecular weight is 347 g/mol. The second kappa shape index (κ2) is 5.47. The molecule has 3 aromatic rings. The van der Waals surface area contributed by atoms with Crippen molar-refractivity contribution in [3.05, 3.63) is 59.2 Å². The van der Waals surface area contributed by atoms with Gasteiger partial charge in [0.1, 0.15) is 0 Å². The highest BCUT2D eigenvalue weighted by atomic mass is 16.4. The minimum Gasteiger partial charge on any atom is -0.478 e. The Hall–Kier alpha value is -2.55. The van der Waals surface area contributed by atoms with E-state index in [0.29, 0.717) is 5.56 Å². The van der Waals surface area contributed by atoms with Crippen LogP contribution in [0.1, 0.15) is 62.0 Å². The van der Waals surface area contributed by atoms with E-state index in [9.17, 15) is 9.90 Å². The van der Waals surface area contributed by atoms with Crippen LogP contribution in [0.4, 0.5) is 0 Å². The normalized spacial score (nSPS) is 17.8. The number of aromatic carboxylic acids is 1. The molecule has 0 atom stereocenters. The smallest absolute Gasteiger partial charge is 0.335 e. The van der Waals surface area contributed by atoms with Crippen LogP contribution in [0, 0.1) is 0 Å². The predicted octanol–water partition coefficient (Wildman–Crippen LogP) is 5.88. The first kappa shape index (κ1) is 16.9. The minimum absolute atomic E-state index is 0.170. The van der Waals surface area contributed by atoms with Gasteiger partial charge in [0.05, 0.1) is 5.56 Å². The summed E-state index contributed by atoms with van der Waals surface area (Å²) < 4.78 is 0. The molecule has 1 aliphatic rings. The van der Waals surface area contributed by atoms with Gasteiger partial charge < -0.3 is 10.1 Å². The lowest BCUT2D eigenvalue weighted by Crippen LogP contribution is -2.33. The molecule has 26 heavy (non-hydrogen) atoms. The van der Waals surface area contributed by atoms with Gasteiger partial charge in [-0.15, -0.1) is 0 Å². The van der Waals surface area contributed by atoms with Gasteiger partial charge >= 0.3 is 5.97 Å². The molecule has 134 valence electrons. The van der Waals surface area contributed by atoms with Gasteiger partial charge in [-0.2, -0.15) is 0 Å². The molecular weight excluding hydrogens is 322 g/mol. The van der Waals surface area contributed by atoms with Crippen molar-refractivity contribution in [2.24, 2.45) is 0 Å². The van der Waals surface area contributed by atoms with Gasteiger partial charge in [-0.1, -0.05) is 45.9 Å². The first-order chi connectivity index (χ1) is 12.2. The number of rotatable bonds is 2. The topological polar surface area (TPSA) is 53.1 Å². The van der Waals surface area contributed by atoms with Gasteiger partial charge in [0.25, 0.3) is 0 Å². The molecule has 1 aromatic heterocycles. The van der Waals surface area contributed by atoms with E-state index in [1.807, 2.05) is 6.07 Å². The second-order valence-corrected chi connectivity index (χ2v) is 8.82. The number of fused-ring (bicyclic) bond motifs is 2. The Kier molecular flexibility index (Phi) is 3.56. The van der Waals surface area contributed by atoms with Gasteiger partial charge in [-0.25, -0.2) is 4.79 Å². The summed E-state index contributed by atoms with van der Waals surface area (Å²) in [5.74, 6) is -0.902. The maximum Gasteiger partial charge on any atom is 0.335 e. The van der Waals surface area contributed by atoms with Crippen molar-refractivity contribution in [1.82, 2.24) is 4.98 Å². The number of benzene rings is 2. The molecule has 3 nitrogen and oxygen atoms in total. The second-order valence-electron chi connectivity index (χ2n) is 8.82. The Bertz CT molecular complexity index is 1020. The predicted molar refractivity (Wildman–Crippen MR) is 106 cm³/mol. The van der Waals surface area contributed by atoms with Crippen molar-refractivity contribution < 1.29 is 9.90 Å². The van der Waals surface area contributed by atoms with Crippen LogP contribution in [0.2, 0.25) is 0 Å². The molecule has 0 bridgehead atoms. The number of nitrogens with one attached hydrogen (secondary N) is 1. The van der Waals surface area contributed by atoms with Gasteiger partial charge in [0.15, 0.2) is 0 Å². The average Bonchev–Trinajstić information content (AvgIpc) is 3.02. The van der Waals surface area contributed by atoms with Crippen LogP contribution in [0.15, 0.2) is 42.5 Å². The first-order valence-electron chi connectivity index (χ1n) is 9.19. The van der Waals surface area contributed by atoms with Crippen molar-refractivity contribution in [3.8, 4) is 11.3 Å². The van der Waals surface area contributed by atoms with E-state index in [2.05, 4.69) is 56.9 Å². The molecule has 3 heteroatoms. The summed E-state index contributed by atoms with van der Waals surface area (Å²) in [5, 5.41) is 10.2. The lowest BCUT2D eigenvalue weighted by Gasteiger charge is -2.42. The number of hydrogen-bond acceptors (Lipinski definition) is 1. The van der Waals surface area contributed by atoms with Gasteiger partial charge in [0.2, 0.25) is 0 Å². The van der Waals surface area contributed by atoms with Crippen molar-refractivity contribution >= 4 is 16.9 Å². The molecule has 2 N–H and O–H groups in total. The summed E-state index contributed by atoms with van der Waals surface area (Å²) in [7, 11) is 0. The highest BCUT2D eigenvalue weighted by Gasteiger charge is 2.37. The third-order valence-electron chi connectivity index (χ3n) is 6.03. The van der Waals surface area contributed by atoms with Gasteiger partial charge in [0, 0.05) is 16.6 Å². The van der Waals surface area contributed by atoms with E-state index in [1.54, 1.807) is 12.1 Å². The molecule has 2 aromatic carbocycles. The molecule has 1 heterocycles. The third kappa shape index (κ3) is 2.63. The van der Waals surface area contributed by atoms with E-state index < -0.39 is 5.97 Å². The molecular formula is C23H25NO2. The number of hydrogen-bond donors (Lipinski definition) is 2. The number of carboxylic acid groups (broad SMARTS) is 1. The monoisotopic (exact) mass is 347 g/mol. The maximum atomic E-state index is 11.2. The molecule has 0 fully saturated rings. The number of carbonyl (C=O) groups is 1. The third-order valence-corrected chi connectivity index (χ3v) is 6.03. The van der Waals surface area contributed by atoms with Crippen LogP contribution in [0.5, 0.6) is 0 Å². The zero-order chi connectivity index (χ0) is 18.7. The molecule has 0 unspecified atom stereocenters. The maximum absolute atomic E-state index is 11.2. The molecule has 4 rings (SSSR count). The first-order valence-corrected chi connectivity index (χ1v) is 9.19. The van der Waals surface area contributed by atoms with E-state index in [4.69, 9.17) is 0 Å². The number of carboxylic acids is 1. The van der Waals surface area contributed by atoms with Gasteiger partial charge in [-0.3, -0.25) is 0 Å². The van der Waals surface area contributed by atoms with E-state index >= 15 is 0 Å². The summed E-state index contributed by atoms with van der Waals surface area (Å²) in [6, 6.07) is 14.1. The Balaban J connectivity index is 1.84.